The maximum Gasteiger partial charge on any atom is 0.416 e. The molecule has 1 saturated heterocycles. The molecule has 0 N–H and O–H groups in total. The number of Topliss-reactive ketones (excluding diaryl/α,β-unsaturated/α-hetero) is 1. The molecular weight excluding hydrogens is 445 g/mol. The molecule has 2 aromatic rings. The van der Waals surface area contributed by atoms with Gasteiger partial charge in [-0.1, -0.05) is 6.07 Å². The molecule has 1 aliphatic rings. The van der Waals surface area contributed by atoms with Crippen LogP contribution >= 0.6 is 0 Å². The van der Waals surface area contributed by atoms with Gasteiger partial charge in [-0.2, -0.15) is 17.5 Å². The van der Waals surface area contributed by atoms with Gasteiger partial charge in [0.25, 0.3) is 0 Å². The SMILES string of the molecule is CCOc1ccc(C(C)=O)cc1CN1CCN(S(=O)(=O)c2cccc(C(F)(F)F)c2)CC1. The number of ketones is 1. The smallest absolute Gasteiger partial charge is 0.416 e. The summed E-state index contributed by atoms with van der Waals surface area (Å²) >= 11 is 0. The van der Waals surface area contributed by atoms with Crippen molar-refractivity contribution in [3.63, 3.8) is 0 Å². The zero-order valence-corrected chi connectivity index (χ0v) is 18.7. The molecule has 174 valence electrons. The van der Waals surface area contributed by atoms with Crippen LogP contribution < -0.4 is 4.74 Å². The van der Waals surface area contributed by atoms with Gasteiger partial charge in [0, 0.05) is 43.9 Å². The number of hydrogen-bond acceptors (Lipinski definition) is 5. The Hall–Kier alpha value is -2.43. The summed E-state index contributed by atoms with van der Waals surface area (Å²) in [6, 6.07) is 9.03. The molecule has 0 atom stereocenters. The predicted octanol–water partition coefficient (Wildman–Crippen LogP) is 3.81. The van der Waals surface area contributed by atoms with E-state index < -0.39 is 21.8 Å². The first-order valence-corrected chi connectivity index (χ1v) is 11.6. The van der Waals surface area contributed by atoms with Crippen molar-refractivity contribution in [2.45, 2.75) is 31.5 Å². The number of halogens is 3. The van der Waals surface area contributed by atoms with Crippen LogP contribution in [-0.2, 0) is 22.7 Å². The Morgan fingerprint density at radius 3 is 2.34 bits per heavy atom. The Morgan fingerprint density at radius 1 is 1.06 bits per heavy atom. The Bertz CT molecular complexity index is 1080. The van der Waals surface area contributed by atoms with Crippen molar-refractivity contribution in [3.05, 3.63) is 59.2 Å². The minimum absolute atomic E-state index is 0.0636. The van der Waals surface area contributed by atoms with Crippen LogP contribution in [0.25, 0.3) is 0 Å². The topological polar surface area (TPSA) is 66.9 Å². The fourth-order valence-electron chi connectivity index (χ4n) is 3.57. The van der Waals surface area contributed by atoms with Crippen molar-refractivity contribution < 1.29 is 31.1 Å². The molecule has 2 aromatic carbocycles. The van der Waals surface area contributed by atoms with Crippen LogP contribution in [-0.4, -0.2) is 56.2 Å². The predicted molar refractivity (Wildman–Crippen MR) is 113 cm³/mol. The number of piperazine rings is 1. The van der Waals surface area contributed by atoms with Gasteiger partial charge in [-0.15, -0.1) is 0 Å². The highest BCUT2D eigenvalue weighted by molar-refractivity contribution is 7.89. The molecule has 0 unspecified atom stereocenters. The molecule has 6 nitrogen and oxygen atoms in total. The summed E-state index contributed by atoms with van der Waals surface area (Å²) in [4.78, 5) is 13.4. The van der Waals surface area contributed by atoms with Crippen LogP contribution in [0.4, 0.5) is 13.2 Å². The van der Waals surface area contributed by atoms with E-state index >= 15 is 0 Å². The summed E-state index contributed by atoms with van der Waals surface area (Å²) in [6.45, 7) is 5.37. The molecule has 0 amide bonds. The second-order valence-corrected chi connectivity index (χ2v) is 9.46. The standard InChI is InChI=1S/C22H25F3N2O4S/c1-3-31-21-8-7-17(16(2)28)13-18(21)15-26-9-11-27(12-10-26)32(29,30)20-6-4-5-19(14-20)22(23,24)25/h4-8,13-14H,3,9-12,15H2,1-2H3. The first kappa shape index (κ1) is 24.2. The number of benzene rings is 2. The maximum atomic E-state index is 13.0. The quantitative estimate of drug-likeness (QED) is 0.576. The summed E-state index contributed by atoms with van der Waals surface area (Å²) in [7, 11) is -4.04. The average Bonchev–Trinajstić information content (AvgIpc) is 2.75. The van der Waals surface area contributed by atoms with Gasteiger partial charge >= 0.3 is 6.18 Å². The molecule has 3 rings (SSSR count). The van der Waals surface area contributed by atoms with E-state index in [0.29, 0.717) is 43.6 Å². The number of rotatable bonds is 7. The Labute approximate surface area is 185 Å². The fraction of sp³-hybridized carbons (Fsp3) is 0.409. The second kappa shape index (κ2) is 9.60. The summed E-state index contributed by atoms with van der Waals surface area (Å²) in [5, 5.41) is 0. The van der Waals surface area contributed by atoms with E-state index in [1.165, 1.54) is 17.3 Å². The van der Waals surface area contributed by atoms with Gasteiger partial charge in [0.15, 0.2) is 5.78 Å². The first-order valence-electron chi connectivity index (χ1n) is 10.2. The second-order valence-electron chi connectivity index (χ2n) is 7.52. The van der Waals surface area contributed by atoms with Gasteiger partial charge < -0.3 is 4.74 Å². The van der Waals surface area contributed by atoms with E-state index in [2.05, 4.69) is 0 Å². The number of hydrogen-bond donors (Lipinski definition) is 0. The lowest BCUT2D eigenvalue weighted by Gasteiger charge is -2.34. The number of alkyl halides is 3. The van der Waals surface area contributed by atoms with Gasteiger partial charge in [-0.05, 0) is 50.2 Å². The molecule has 0 spiro atoms. The number of ether oxygens (including phenoxy) is 1. The van der Waals surface area contributed by atoms with E-state index in [0.717, 1.165) is 17.7 Å². The third-order valence-electron chi connectivity index (χ3n) is 5.29. The highest BCUT2D eigenvalue weighted by Gasteiger charge is 2.34. The van der Waals surface area contributed by atoms with E-state index in [4.69, 9.17) is 4.74 Å². The van der Waals surface area contributed by atoms with Crippen molar-refractivity contribution in [1.82, 2.24) is 9.21 Å². The Morgan fingerprint density at radius 2 is 1.75 bits per heavy atom. The number of carbonyl (C=O) groups excluding carboxylic acids is 1. The maximum absolute atomic E-state index is 13.0. The van der Waals surface area contributed by atoms with Crippen LogP contribution in [0.15, 0.2) is 47.4 Å². The number of carbonyl (C=O) groups is 1. The highest BCUT2D eigenvalue weighted by Crippen LogP contribution is 2.31. The van der Waals surface area contributed by atoms with E-state index in [9.17, 15) is 26.4 Å². The molecular formula is C22H25F3N2O4S. The van der Waals surface area contributed by atoms with Crippen LogP contribution in [0.1, 0.15) is 35.3 Å². The van der Waals surface area contributed by atoms with Gasteiger partial charge in [0.1, 0.15) is 5.75 Å². The molecule has 0 aromatic heterocycles. The van der Waals surface area contributed by atoms with Gasteiger partial charge in [0.2, 0.25) is 10.0 Å². The lowest BCUT2D eigenvalue weighted by Crippen LogP contribution is -2.48. The molecule has 1 fully saturated rings. The molecule has 0 aliphatic carbocycles. The zero-order valence-electron chi connectivity index (χ0n) is 17.9. The highest BCUT2D eigenvalue weighted by atomic mass is 32.2. The summed E-state index contributed by atoms with van der Waals surface area (Å²) in [5.74, 6) is 0.600. The first-order chi connectivity index (χ1) is 15.0. The lowest BCUT2D eigenvalue weighted by atomic mass is 10.1. The lowest BCUT2D eigenvalue weighted by molar-refractivity contribution is -0.137. The Kier molecular flexibility index (Phi) is 7.26. The van der Waals surface area contributed by atoms with E-state index in [-0.39, 0.29) is 23.8 Å². The normalized spacial score (nSPS) is 16.2. The van der Waals surface area contributed by atoms with Gasteiger partial charge in [-0.25, -0.2) is 8.42 Å². The van der Waals surface area contributed by atoms with Gasteiger partial charge in [0.05, 0.1) is 17.1 Å². The third-order valence-corrected chi connectivity index (χ3v) is 7.19. The van der Waals surface area contributed by atoms with Crippen molar-refractivity contribution >= 4 is 15.8 Å². The van der Waals surface area contributed by atoms with Crippen molar-refractivity contribution in [2.75, 3.05) is 32.8 Å². The number of nitrogens with zero attached hydrogens (tertiary/aromatic N) is 2. The third kappa shape index (κ3) is 5.48. The van der Waals surface area contributed by atoms with E-state index in [1.54, 1.807) is 18.2 Å². The molecule has 1 heterocycles. The number of sulfonamides is 1. The minimum atomic E-state index is -4.61. The van der Waals surface area contributed by atoms with Crippen molar-refractivity contribution in [2.24, 2.45) is 0 Å². The molecule has 0 radical (unpaired) electrons. The minimum Gasteiger partial charge on any atom is -0.494 e. The van der Waals surface area contributed by atoms with Crippen molar-refractivity contribution in [1.29, 1.82) is 0 Å². The molecule has 1 aliphatic heterocycles. The van der Waals surface area contributed by atoms with Crippen LogP contribution in [0.5, 0.6) is 5.75 Å². The van der Waals surface area contributed by atoms with Crippen LogP contribution in [0.3, 0.4) is 0 Å². The van der Waals surface area contributed by atoms with Gasteiger partial charge in [-0.3, -0.25) is 9.69 Å². The fourth-order valence-corrected chi connectivity index (χ4v) is 5.04. The summed E-state index contributed by atoms with van der Waals surface area (Å²) in [6.07, 6.45) is -4.61. The monoisotopic (exact) mass is 470 g/mol. The summed E-state index contributed by atoms with van der Waals surface area (Å²) in [5.41, 5.74) is 0.397. The van der Waals surface area contributed by atoms with E-state index in [1.807, 2.05) is 11.8 Å². The summed E-state index contributed by atoms with van der Waals surface area (Å²) < 4.78 is 71.5. The Balaban J connectivity index is 1.72. The molecule has 10 heteroatoms. The average molecular weight is 471 g/mol. The molecule has 0 bridgehead atoms. The van der Waals surface area contributed by atoms with Crippen molar-refractivity contribution in [3.8, 4) is 5.75 Å². The van der Waals surface area contributed by atoms with Crippen LogP contribution in [0.2, 0.25) is 0 Å². The molecule has 0 saturated carbocycles. The zero-order chi connectivity index (χ0) is 23.5. The van der Waals surface area contributed by atoms with Crippen LogP contribution in [0, 0.1) is 0 Å². The molecule has 32 heavy (non-hydrogen) atoms. The largest absolute Gasteiger partial charge is 0.494 e.